The van der Waals surface area contributed by atoms with Crippen molar-refractivity contribution in [3.8, 4) is 11.1 Å². The molecule has 0 unspecified atom stereocenters. The molecule has 0 atom stereocenters. The monoisotopic (exact) mass is 383 g/mol. The number of ether oxygens (including phenoxy) is 1. The van der Waals surface area contributed by atoms with Crippen molar-refractivity contribution in [2.24, 2.45) is 5.92 Å². The number of nitrogens with zero attached hydrogens (tertiary/aromatic N) is 3. The van der Waals surface area contributed by atoms with Gasteiger partial charge in [0.25, 0.3) is 5.56 Å². The van der Waals surface area contributed by atoms with Crippen LogP contribution in [0.4, 0.5) is 4.79 Å². The number of hydrogen-bond donors (Lipinski definition) is 0. The van der Waals surface area contributed by atoms with Crippen LogP contribution in [0.25, 0.3) is 11.1 Å². The van der Waals surface area contributed by atoms with Crippen LogP contribution in [0.2, 0.25) is 0 Å². The molecule has 1 aliphatic rings. The molecule has 1 saturated heterocycles. The molecule has 1 aliphatic heterocycles. The van der Waals surface area contributed by atoms with Gasteiger partial charge in [-0.15, -0.1) is 0 Å². The summed E-state index contributed by atoms with van der Waals surface area (Å²) >= 11 is 0. The fourth-order valence-corrected chi connectivity index (χ4v) is 3.43. The van der Waals surface area contributed by atoms with Crippen LogP contribution in [0.3, 0.4) is 0 Å². The highest BCUT2D eigenvalue weighted by Crippen LogP contribution is 2.22. The number of aryl methyl sites for hydroxylation is 1. The van der Waals surface area contributed by atoms with Gasteiger partial charge in [0.15, 0.2) is 0 Å². The van der Waals surface area contributed by atoms with Crippen LogP contribution in [0.1, 0.15) is 40.0 Å². The number of aromatic nitrogens is 2. The molecule has 1 amide bonds. The van der Waals surface area contributed by atoms with Crippen LogP contribution in [0.15, 0.2) is 47.4 Å². The van der Waals surface area contributed by atoms with E-state index in [1.54, 1.807) is 17.2 Å². The van der Waals surface area contributed by atoms with Crippen LogP contribution >= 0.6 is 0 Å². The molecular weight excluding hydrogens is 354 g/mol. The lowest BCUT2D eigenvalue weighted by molar-refractivity contribution is 0.0179. The van der Waals surface area contributed by atoms with Gasteiger partial charge in [-0.3, -0.25) is 4.79 Å². The minimum Gasteiger partial charge on any atom is -0.444 e. The van der Waals surface area contributed by atoms with E-state index in [2.05, 4.69) is 5.10 Å². The summed E-state index contributed by atoms with van der Waals surface area (Å²) in [6.07, 6.45) is 4.26. The first-order chi connectivity index (χ1) is 13.3. The molecule has 2 aromatic rings. The van der Waals surface area contributed by atoms with Crippen molar-refractivity contribution < 1.29 is 9.53 Å². The molecule has 6 nitrogen and oxygen atoms in total. The number of carbonyl (C=O) groups is 1. The van der Waals surface area contributed by atoms with Gasteiger partial charge in [-0.25, -0.2) is 9.48 Å². The third-order valence-corrected chi connectivity index (χ3v) is 4.99. The first-order valence-corrected chi connectivity index (χ1v) is 9.92. The molecule has 1 fully saturated rings. The fourth-order valence-electron chi connectivity index (χ4n) is 3.43. The number of benzene rings is 1. The summed E-state index contributed by atoms with van der Waals surface area (Å²) in [7, 11) is 0. The topological polar surface area (TPSA) is 64.4 Å². The Labute approximate surface area is 166 Å². The van der Waals surface area contributed by atoms with E-state index in [0.717, 1.165) is 30.4 Å². The number of likely N-dealkylation sites (tertiary alicyclic amines) is 1. The van der Waals surface area contributed by atoms with Crippen molar-refractivity contribution in [1.29, 1.82) is 0 Å². The van der Waals surface area contributed by atoms with Gasteiger partial charge in [0, 0.05) is 31.3 Å². The average molecular weight is 383 g/mol. The molecule has 1 aromatic carbocycles. The number of piperidine rings is 1. The van der Waals surface area contributed by atoms with Gasteiger partial charge in [0.05, 0.1) is 6.20 Å². The second-order valence-corrected chi connectivity index (χ2v) is 8.37. The molecule has 150 valence electrons. The Bertz CT molecular complexity index is 847. The standard InChI is InChI=1S/C22H29N3O3/c1-22(2,3)28-21(27)24-12-9-17(10-13-24)11-14-25-20(26)15-19(16-23-25)18-7-5-4-6-8-18/h4-8,15-17H,9-14H2,1-3H3. The summed E-state index contributed by atoms with van der Waals surface area (Å²) in [5.74, 6) is 0.487. The lowest BCUT2D eigenvalue weighted by atomic mass is 9.94. The summed E-state index contributed by atoms with van der Waals surface area (Å²) < 4.78 is 6.97. The van der Waals surface area contributed by atoms with E-state index in [-0.39, 0.29) is 11.7 Å². The molecule has 0 spiro atoms. The van der Waals surface area contributed by atoms with Gasteiger partial charge in [0.2, 0.25) is 0 Å². The number of carbonyl (C=O) groups excluding carboxylic acids is 1. The summed E-state index contributed by atoms with van der Waals surface area (Å²) in [5.41, 5.74) is 1.29. The van der Waals surface area contributed by atoms with E-state index in [4.69, 9.17) is 4.74 Å². The number of amides is 1. The predicted octanol–water partition coefficient (Wildman–Crippen LogP) is 3.95. The quantitative estimate of drug-likeness (QED) is 0.802. The Hall–Kier alpha value is -2.63. The highest BCUT2D eigenvalue weighted by Gasteiger charge is 2.26. The van der Waals surface area contributed by atoms with Crippen molar-refractivity contribution in [3.05, 3.63) is 52.9 Å². The Morgan fingerprint density at radius 3 is 2.43 bits per heavy atom. The van der Waals surface area contributed by atoms with E-state index in [1.807, 2.05) is 51.1 Å². The fraction of sp³-hybridized carbons (Fsp3) is 0.500. The maximum Gasteiger partial charge on any atom is 0.410 e. The largest absolute Gasteiger partial charge is 0.444 e. The van der Waals surface area contributed by atoms with Crippen molar-refractivity contribution in [3.63, 3.8) is 0 Å². The minimum absolute atomic E-state index is 0.0763. The molecule has 3 rings (SSSR count). The van der Waals surface area contributed by atoms with Gasteiger partial charge < -0.3 is 9.64 Å². The highest BCUT2D eigenvalue weighted by atomic mass is 16.6. The zero-order chi connectivity index (χ0) is 20.1. The van der Waals surface area contributed by atoms with E-state index < -0.39 is 5.60 Å². The molecule has 0 aliphatic carbocycles. The van der Waals surface area contributed by atoms with Crippen molar-refractivity contribution in [2.45, 2.75) is 52.2 Å². The molecule has 0 saturated carbocycles. The number of rotatable bonds is 4. The minimum atomic E-state index is -0.466. The van der Waals surface area contributed by atoms with Crippen molar-refractivity contribution in [2.75, 3.05) is 13.1 Å². The zero-order valence-electron chi connectivity index (χ0n) is 16.9. The van der Waals surface area contributed by atoms with E-state index in [0.29, 0.717) is 25.6 Å². The second-order valence-electron chi connectivity index (χ2n) is 8.37. The SMILES string of the molecule is CC(C)(C)OC(=O)N1CCC(CCn2ncc(-c3ccccc3)cc2=O)CC1. The maximum absolute atomic E-state index is 12.4. The molecular formula is C22H29N3O3. The van der Waals surface area contributed by atoms with E-state index >= 15 is 0 Å². The van der Waals surface area contributed by atoms with E-state index in [1.165, 1.54) is 4.68 Å². The third-order valence-electron chi connectivity index (χ3n) is 4.99. The van der Waals surface area contributed by atoms with Gasteiger partial charge in [0.1, 0.15) is 5.60 Å². The lowest BCUT2D eigenvalue weighted by Crippen LogP contribution is -2.42. The molecule has 0 bridgehead atoms. The third kappa shape index (κ3) is 5.44. The molecule has 1 aromatic heterocycles. The first-order valence-electron chi connectivity index (χ1n) is 9.92. The van der Waals surface area contributed by atoms with Gasteiger partial charge in [-0.05, 0) is 51.5 Å². The highest BCUT2D eigenvalue weighted by molar-refractivity contribution is 5.68. The van der Waals surface area contributed by atoms with Crippen molar-refractivity contribution in [1.82, 2.24) is 14.7 Å². The van der Waals surface area contributed by atoms with Gasteiger partial charge in [-0.2, -0.15) is 5.10 Å². The first kappa shape index (κ1) is 20.1. The molecule has 28 heavy (non-hydrogen) atoms. The predicted molar refractivity (Wildman–Crippen MR) is 109 cm³/mol. The normalized spacial score (nSPS) is 15.5. The van der Waals surface area contributed by atoms with Crippen LogP contribution in [0.5, 0.6) is 0 Å². The van der Waals surface area contributed by atoms with E-state index in [9.17, 15) is 9.59 Å². The molecule has 2 heterocycles. The number of hydrogen-bond acceptors (Lipinski definition) is 4. The molecule has 0 radical (unpaired) electrons. The van der Waals surface area contributed by atoms with Crippen LogP contribution in [-0.4, -0.2) is 39.5 Å². The Morgan fingerprint density at radius 1 is 1.14 bits per heavy atom. The molecule has 0 N–H and O–H groups in total. The smallest absolute Gasteiger partial charge is 0.410 e. The Kier molecular flexibility index (Phi) is 6.17. The zero-order valence-corrected chi connectivity index (χ0v) is 16.9. The van der Waals surface area contributed by atoms with Gasteiger partial charge in [-0.1, -0.05) is 30.3 Å². The maximum atomic E-state index is 12.4. The Balaban J connectivity index is 1.50. The summed E-state index contributed by atoms with van der Waals surface area (Å²) in [6, 6.07) is 11.4. The summed E-state index contributed by atoms with van der Waals surface area (Å²) in [5, 5.41) is 4.34. The summed E-state index contributed by atoms with van der Waals surface area (Å²) in [6.45, 7) is 7.65. The van der Waals surface area contributed by atoms with Crippen molar-refractivity contribution >= 4 is 6.09 Å². The summed E-state index contributed by atoms with van der Waals surface area (Å²) in [4.78, 5) is 26.3. The lowest BCUT2D eigenvalue weighted by Gasteiger charge is -2.33. The van der Waals surface area contributed by atoms with Crippen LogP contribution in [-0.2, 0) is 11.3 Å². The van der Waals surface area contributed by atoms with Gasteiger partial charge >= 0.3 is 6.09 Å². The average Bonchev–Trinajstić information content (AvgIpc) is 2.67. The second kappa shape index (κ2) is 8.59. The molecule has 6 heteroatoms. The van der Waals surface area contributed by atoms with Crippen LogP contribution < -0.4 is 5.56 Å². The van der Waals surface area contributed by atoms with Crippen LogP contribution in [0, 0.1) is 5.92 Å². The Morgan fingerprint density at radius 2 is 1.82 bits per heavy atom.